The Hall–Kier alpha value is -1.69. The van der Waals surface area contributed by atoms with Gasteiger partial charge in [0.2, 0.25) is 0 Å². The van der Waals surface area contributed by atoms with Gasteiger partial charge < -0.3 is 4.90 Å². The van der Waals surface area contributed by atoms with Crippen molar-refractivity contribution >= 4 is 40.2 Å². The summed E-state index contributed by atoms with van der Waals surface area (Å²) in [5.41, 5.74) is 1.44. The molecule has 2 heterocycles. The van der Waals surface area contributed by atoms with E-state index < -0.39 is 0 Å². The molecule has 3 aromatic rings. The van der Waals surface area contributed by atoms with E-state index in [2.05, 4.69) is 4.98 Å². The fraction of sp³-hybridized carbons (Fsp3) is 0.176. The summed E-state index contributed by atoms with van der Waals surface area (Å²) in [7, 11) is 1.81. The van der Waals surface area contributed by atoms with Gasteiger partial charge in [-0.05, 0) is 30.5 Å². The number of amides is 1. The molecule has 6 heteroatoms. The van der Waals surface area contributed by atoms with E-state index in [1.807, 2.05) is 61.1 Å². The largest absolute Gasteiger partial charge is 0.333 e. The number of carbonyl (C=O) groups excluding carboxylic acids is 1. The smallest absolute Gasteiger partial charge is 0.273 e. The highest BCUT2D eigenvalue weighted by Gasteiger charge is 2.22. The average Bonchev–Trinajstić information content (AvgIpc) is 3.25. The first-order chi connectivity index (χ1) is 11.1. The number of aromatic nitrogens is 1. The second kappa shape index (κ2) is 6.83. The van der Waals surface area contributed by atoms with Crippen molar-refractivity contribution < 1.29 is 4.79 Å². The molecule has 0 fully saturated rings. The van der Waals surface area contributed by atoms with Gasteiger partial charge in [-0.1, -0.05) is 29.8 Å². The molecule has 3 nitrogen and oxygen atoms in total. The predicted octanol–water partition coefficient (Wildman–Crippen LogP) is 5.36. The summed E-state index contributed by atoms with van der Waals surface area (Å²) in [6.07, 6.45) is 0. The van der Waals surface area contributed by atoms with Crippen LogP contribution in [0.5, 0.6) is 0 Å². The zero-order valence-corrected chi connectivity index (χ0v) is 15.1. The minimum atomic E-state index is -0.0673. The lowest BCUT2D eigenvalue weighted by Gasteiger charge is -2.23. The van der Waals surface area contributed by atoms with Crippen LogP contribution < -0.4 is 0 Å². The van der Waals surface area contributed by atoms with Crippen LogP contribution >= 0.6 is 34.3 Å². The highest BCUT2D eigenvalue weighted by Crippen LogP contribution is 2.28. The maximum absolute atomic E-state index is 12.6. The Kier molecular flexibility index (Phi) is 4.80. The van der Waals surface area contributed by atoms with E-state index in [4.69, 9.17) is 11.6 Å². The van der Waals surface area contributed by atoms with Crippen LogP contribution in [-0.4, -0.2) is 22.8 Å². The summed E-state index contributed by atoms with van der Waals surface area (Å²) in [5.74, 6) is -0.0673. The first-order valence-electron chi connectivity index (χ1n) is 7.08. The third-order valence-electron chi connectivity index (χ3n) is 3.67. The number of carbonyl (C=O) groups is 1. The van der Waals surface area contributed by atoms with E-state index in [9.17, 15) is 4.79 Å². The Labute approximate surface area is 148 Å². The van der Waals surface area contributed by atoms with Crippen molar-refractivity contribution in [1.82, 2.24) is 9.88 Å². The summed E-state index contributed by atoms with van der Waals surface area (Å²) >= 11 is 9.02. The van der Waals surface area contributed by atoms with Gasteiger partial charge in [-0.15, -0.1) is 22.7 Å². The quantitative estimate of drug-likeness (QED) is 0.626. The van der Waals surface area contributed by atoms with E-state index >= 15 is 0 Å². The second-order valence-electron chi connectivity index (χ2n) is 5.15. The van der Waals surface area contributed by atoms with Gasteiger partial charge in [0.05, 0.1) is 6.04 Å². The molecule has 1 amide bonds. The highest BCUT2D eigenvalue weighted by molar-refractivity contribution is 7.13. The van der Waals surface area contributed by atoms with Gasteiger partial charge in [-0.3, -0.25) is 4.79 Å². The lowest BCUT2D eigenvalue weighted by Crippen LogP contribution is -2.29. The monoisotopic (exact) mass is 362 g/mol. The molecule has 0 saturated heterocycles. The van der Waals surface area contributed by atoms with Crippen LogP contribution in [0.1, 0.15) is 28.3 Å². The lowest BCUT2D eigenvalue weighted by atomic mass is 10.2. The zero-order valence-electron chi connectivity index (χ0n) is 12.7. The molecule has 118 valence electrons. The molecular weight excluding hydrogens is 348 g/mol. The van der Waals surface area contributed by atoms with Crippen LogP contribution in [0.4, 0.5) is 0 Å². The molecule has 0 N–H and O–H groups in total. The van der Waals surface area contributed by atoms with E-state index in [1.165, 1.54) is 11.3 Å². The summed E-state index contributed by atoms with van der Waals surface area (Å²) in [6.45, 7) is 2.02. The number of hydrogen-bond donors (Lipinski definition) is 0. The van der Waals surface area contributed by atoms with Crippen molar-refractivity contribution in [2.45, 2.75) is 13.0 Å². The molecule has 0 saturated carbocycles. The molecule has 0 bridgehead atoms. The SMILES string of the molecule is CC(c1cccs1)N(C)C(=O)c1csc(-c2ccc(Cl)cc2)n1. The summed E-state index contributed by atoms with van der Waals surface area (Å²) < 4.78 is 0. The van der Waals surface area contributed by atoms with Crippen molar-refractivity contribution in [3.05, 3.63) is 62.8 Å². The molecular formula is C17H15ClN2OS2. The Morgan fingerprint density at radius 1 is 1.22 bits per heavy atom. The lowest BCUT2D eigenvalue weighted by molar-refractivity contribution is 0.0740. The number of thiazole rings is 1. The first-order valence-corrected chi connectivity index (χ1v) is 9.22. The van der Waals surface area contributed by atoms with E-state index in [0.717, 1.165) is 15.4 Å². The Balaban J connectivity index is 1.79. The van der Waals surface area contributed by atoms with Crippen molar-refractivity contribution in [2.24, 2.45) is 0 Å². The van der Waals surface area contributed by atoms with Crippen LogP contribution in [0.25, 0.3) is 10.6 Å². The van der Waals surface area contributed by atoms with Crippen LogP contribution in [0.2, 0.25) is 5.02 Å². The first kappa shape index (κ1) is 16.2. The molecule has 3 rings (SSSR count). The number of thiophene rings is 1. The van der Waals surface area contributed by atoms with Gasteiger partial charge in [-0.25, -0.2) is 4.98 Å². The maximum Gasteiger partial charge on any atom is 0.273 e. The molecule has 0 aliphatic rings. The molecule has 0 aliphatic carbocycles. The topological polar surface area (TPSA) is 33.2 Å². The molecule has 1 aromatic carbocycles. The van der Waals surface area contributed by atoms with Crippen LogP contribution in [-0.2, 0) is 0 Å². The van der Waals surface area contributed by atoms with Gasteiger partial charge >= 0.3 is 0 Å². The normalized spacial score (nSPS) is 12.1. The Morgan fingerprint density at radius 2 is 1.96 bits per heavy atom. The number of benzene rings is 1. The zero-order chi connectivity index (χ0) is 16.4. The van der Waals surface area contributed by atoms with E-state index in [0.29, 0.717) is 10.7 Å². The van der Waals surface area contributed by atoms with Gasteiger partial charge in [0, 0.05) is 27.9 Å². The fourth-order valence-electron chi connectivity index (χ4n) is 2.17. The minimum Gasteiger partial charge on any atom is -0.333 e. The van der Waals surface area contributed by atoms with Gasteiger partial charge in [0.25, 0.3) is 5.91 Å². The van der Waals surface area contributed by atoms with Gasteiger partial charge in [0.1, 0.15) is 10.7 Å². The van der Waals surface area contributed by atoms with E-state index in [1.54, 1.807) is 16.2 Å². The maximum atomic E-state index is 12.6. The molecule has 0 radical (unpaired) electrons. The minimum absolute atomic E-state index is 0.0307. The standard InChI is InChI=1S/C17H15ClN2OS2/c1-11(15-4-3-9-22-15)20(2)17(21)14-10-23-16(19-14)12-5-7-13(18)8-6-12/h3-11H,1-2H3. The third kappa shape index (κ3) is 3.47. The van der Waals surface area contributed by atoms with Crippen molar-refractivity contribution in [3.8, 4) is 10.6 Å². The Morgan fingerprint density at radius 3 is 2.61 bits per heavy atom. The molecule has 1 unspecified atom stereocenters. The second-order valence-corrected chi connectivity index (χ2v) is 7.43. The number of halogens is 1. The molecule has 2 aromatic heterocycles. The van der Waals surface area contributed by atoms with Crippen LogP contribution in [0.3, 0.4) is 0 Å². The highest BCUT2D eigenvalue weighted by atomic mass is 35.5. The molecule has 23 heavy (non-hydrogen) atoms. The van der Waals surface area contributed by atoms with Crippen molar-refractivity contribution in [1.29, 1.82) is 0 Å². The number of rotatable bonds is 4. The molecule has 0 aliphatic heterocycles. The van der Waals surface area contributed by atoms with Crippen molar-refractivity contribution in [3.63, 3.8) is 0 Å². The van der Waals surface area contributed by atoms with Gasteiger partial charge in [-0.2, -0.15) is 0 Å². The molecule has 1 atom stereocenters. The summed E-state index contributed by atoms with van der Waals surface area (Å²) in [5, 5.41) is 5.34. The van der Waals surface area contributed by atoms with Gasteiger partial charge in [0.15, 0.2) is 0 Å². The van der Waals surface area contributed by atoms with Crippen molar-refractivity contribution in [2.75, 3.05) is 7.05 Å². The van der Waals surface area contributed by atoms with Crippen LogP contribution in [0.15, 0.2) is 47.2 Å². The third-order valence-corrected chi connectivity index (χ3v) is 5.86. The summed E-state index contributed by atoms with van der Waals surface area (Å²) in [6, 6.07) is 11.5. The van der Waals surface area contributed by atoms with E-state index in [-0.39, 0.29) is 11.9 Å². The van der Waals surface area contributed by atoms with Crippen LogP contribution in [0, 0.1) is 0 Å². The summed E-state index contributed by atoms with van der Waals surface area (Å²) in [4.78, 5) is 20.0. The average molecular weight is 363 g/mol. The predicted molar refractivity (Wildman–Crippen MR) is 97.4 cm³/mol. The number of nitrogens with zero attached hydrogens (tertiary/aromatic N) is 2. The fourth-order valence-corrected chi connectivity index (χ4v) is 3.93. The molecule has 0 spiro atoms. The number of hydrogen-bond acceptors (Lipinski definition) is 4. The Bertz CT molecular complexity index is 796.